The van der Waals surface area contributed by atoms with Gasteiger partial charge in [0.2, 0.25) is 0 Å². The van der Waals surface area contributed by atoms with Gasteiger partial charge in [-0.05, 0) is 98.2 Å². The Labute approximate surface area is 335 Å². The number of nitrogens with zero attached hydrogens (tertiary/aromatic N) is 2. The van der Waals surface area contributed by atoms with Gasteiger partial charge in [0.1, 0.15) is 19.1 Å². The molecule has 0 aromatic carbocycles. The number of aromatic nitrogens is 4. The van der Waals surface area contributed by atoms with Crippen LogP contribution in [-0.4, -0.2) is 94.7 Å². The molecule has 14 heteroatoms. The molecule has 8 bridgehead atoms. The zero-order chi connectivity index (χ0) is 41.9. The third-order valence-electron chi connectivity index (χ3n) is 11.2. The molecular weight excluding hydrogens is 745 g/mol. The minimum atomic E-state index is -1.21. The number of aromatic amines is 2. The Kier molecular flexibility index (Phi) is 12.3. The van der Waals surface area contributed by atoms with E-state index in [1.54, 1.807) is 18.2 Å². The fourth-order valence-electron chi connectivity index (χ4n) is 8.04. The Balaban J connectivity index is 1.71. The van der Waals surface area contributed by atoms with Crippen molar-refractivity contribution in [2.75, 3.05) is 40.6 Å². The number of carbonyl (C=O) groups is 4. The number of carbonyl (C=O) groups excluding carboxylic acids is 4. The molecule has 3 aromatic heterocycles. The van der Waals surface area contributed by atoms with E-state index in [1.807, 2.05) is 52.0 Å². The van der Waals surface area contributed by atoms with Crippen LogP contribution in [0.5, 0.6) is 0 Å². The number of H-pyrrole nitrogens is 2. The summed E-state index contributed by atoms with van der Waals surface area (Å²) >= 11 is 0. The highest BCUT2D eigenvalue weighted by Crippen LogP contribution is 2.52. The molecule has 0 unspecified atom stereocenters. The monoisotopic (exact) mass is 792 g/mol. The number of rotatable bonds is 13. The van der Waals surface area contributed by atoms with E-state index in [1.165, 1.54) is 14.2 Å². The smallest absolute Gasteiger partial charge is 0.334 e. The number of ether oxygens (including phenoxy) is 4. The molecule has 2 atom stereocenters. The summed E-state index contributed by atoms with van der Waals surface area (Å²) in [7, 11) is 2.53. The average Bonchev–Trinajstić information content (AvgIpc) is 3.87. The van der Waals surface area contributed by atoms with Crippen LogP contribution in [0.2, 0.25) is 0 Å². The Bertz CT molecular complexity index is 2470. The van der Waals surface area contributed by atoms with E-state index in [4.69, 9.17) is 28.9 Å². The van der Waals surface area contributed by atoms with E-state index in [0.717, 1.165) is 38.9 Å². The summed E-state index contributed by atoms with van der Waals surface area (Å²) in [6.45, 7) is 11.0. The van der Waals surface area contributed by atoms with E-state index in [9.17, 15) is 29.4 Å². The Hall–Kier alpha value is -6.12. The van der Waals surface area contributed by atoms with Gasteiger partial charge in [0.25, 0.3) is 0 Å². The van der Waals surface area contributed by atoms with Crippen molar-refractivity contribution in [2.45, 2.75) is 58.8 Å². The first-order valence-electron chi connectivity index (χ1n) is 19.0. The van der Waals surface area contributed by atoms with Crippen LogP contribution >= 0.6 is 0 Å². The molecule has 2 aliphatic heterocycles. The SMILES string of the molecule is C=CC1=C(C)c2cc3nc(cc4[nH]c(cc5[nH]c(cc1n2)c(C)c5CCC(=O)OCCO)c(CCC(=O)OCCO)c4C)[C@@]1(C)C3=CC=C(C(=O)OC)[C@H]1C(=O)OC. The van der Waals surface area contributed by atoms with Crippen LogP contribution in [0.1, 0.15) is 71.7 Å². The van der Waals surface area contributed by atoms with Crippen LogP contribution in [0.3, 0.4) is 0 Å². The molecule has 3 aliphatic rings. The third-order valence-corrected chi connectivity index (χ3v) is 11.2. The zero-order valence-corrected chi connectivity index (χ0v) is 33.5. The molecule has 0 saturated heterocycles. The molecule has 4 N–H and O–H groups in total. The quantitative estimate of drug-likeness (QED) is 0.130. The number of fused-ring (bicyclic) bond motifs is 11. The minimum absolute atomic E-state index is 0.0237. The van der Waals surface area contributed by atoms with Crippen LogP contribution in [0, 0.1) is 19.8 Å². The van der Waals surface area contributed by atoms with Crippen LogP contribution in [0.15, 0.2) is 54.6 Å². The fraction of sp³-hybridized carbons (Fsp3) is 0.364. The minimum Gasteiger partial charge on any atom is -0.469 e. The van der Waals surface area contributed by atoms with Crippen molar-refractivity contribution in [3.05, 3.63) is 99.7 Å². The lowest BCUT2D eigenvalue weighted by Crippen LogP contribution is -2.42. The molecule has 0 spiro atoms. The number of hydrogen-bond acceptors (Lipinski definition) is 12. The predicted molar refractivity (Wildman–Crippen MR) is 217 cm³/mol. The van der Waals surface area contributed by atoms with Gasteiger partial charge in [-0.15, -0.1) is 0 Å². The molecule has 1 aliphatic carbocycles. The summed E-state index contributed by atoms with van der Waals surface area (Å²) in [5.41, 5.74) is 9.62. The fourth-order valence-corrected chi connectivity index (χ4v) is 8.04. The summed E-state index contributed by atoms with van der Waals surface area (Å²) in [6.07, 6.45) is 5.79. The lowest BCUT2D eigenvalue weighted by atomic mass is 9.64. The topological polar surface area (TPSA) is 203 Å². The third kappa shape index (κ3) is 7.64. The van der Waals surface area contributed by atoms with Crippen molar-refractivity contribution in [3.8, 4) is 0 Å². The molecule has 14 nitrogen and oxygen atoms in total. The molecule has 3 aromatic rings. The maximum Gasteiger partial charge on any atom is 0.334 e. The van der Waals surface area contributed by atoms with E-state index in [-0.39, 0.29) is 51.3 Å². The van der Waals surface area contributed by atoms with Crippen molar-refractivity contribution in [2.24, 2.45) is 5.92 Å². The standard InChI is InChI=1S/C44H48N4O10/c1-8-26-23(2)32-20-37-30-12-9-29(42(53)55-6)41(43(54)56-7)44(30,5)38(48-37)22-33-25(4)28(11-14-40(52)58-18-16-50)36(47-33)21-35-27(10-13-39(51)57-17-15-49)24(3)31(46-35)19-34(26)45-32/h8-9,12,19-22,41,46-47,49-50H,1,10-11,13-18H2,2-7H3/t41-,44+/m0/s1. The molecule has 0 radical (unpaired) electrons. The van der Waals surface area contributed by atoms with Gasteiger partial charge in [0.05, 0.1) is 61.2 Å². The number of aliphatic hydroxyl groups is 2. The molecule has 0 fully saturated rings. The molecule has 5 heterocycles. The highest BCUT2D eigenvalue weighted by atomic mass is 16.5. The van der Waals surface area contributed by atoms with Crippen molar-refractivity contribution in [3.63, 3.8) is 0 Å². The lowest BCUT2D eigenvalue weighted by molar-refractivity contribution is -0.149. The molecule has 6 rings (SSSR count). The maximum atomic E-state index is 13.8. The summed E-state index contributed by atoms with van der Waals surface area (Å²) < 4.78 is 20.8. The van der Waals surface area contributed by atoms with Crippen LogP contribution < -0.4 is 0 Å². The predicted octanol–water partition coefficient (Wildman–Crippen LogP) is 5.23. The summed E-state index contributed by atoms with van der Waals surface area (Å²) in [5.74, 6) is -3.36. The van der Waals surface area contributed by atoms with Gasteiger partial charge in [-0.25, -0.2) is 9.78 Å². The highest BCUT2D eigenvalue weighted by Gasteiger charge is 2.53. The Morgan fingerprint density at radius 2 is 1.36 bits per heavy atom. The lowest BCUT2D eigenvalue weighted by Gasteiger charge is -2.36. The van der Waals surface area contributed by atoms with E-state index in [2.05, 4.69) is 16.5 Å². The first-order valence-corrected chi connectivity index (χ1v) is 19.0. The van der Waals surface area contributed by atoms with Gasteiger partial charge in [-0.1, -0.05) is 24.8 Å². The Morgan fingerprint density at radius 1 is 0.776 bits per heavy atom. The van der Waals surface area contributed by atoms with Crippen LogP contribution in [-0.2, 0) is 56.4 Å². The number of hydrogen-bond donors (Lipinski definition) is 4. The number of aryl methyl sites for hydroxylation is 4. The summed E-state index contributed by atoms with van der Waals surface area (Å²) in [5, 5.41) is 18.4. The first kappa shape index (κ1) is 41.5. The summed E-state index contributed by atoms with van der Waals surface area (Å²) in [4.78, 5) is 69.6. The number of nitrogens with one attached hydrogen (secondary N) is 2. The number of methoxy groups -OCH3 is 2. The van der Waals surface area contributed by atoms with Gasteiger partial charge >= 0.3 is 23.9 Å². The van der Waals surface area contributed by atoms with E-state index in [0.29, 0.717) is 51.3 Å². The normalized spacial score (nSPS) is 17.2. The Morgan fingerprint density at radius 3 is 1.90 bits per heavy atom. The van der Waals surface area contributed by atoms with E-state index >= 15 is 0 Å². The van der Waals surface area contributed by atoms with Crippen molar-refractivity contribution < 1.29 is 48.3 Å². The second-order valence-electron chi connectivity index (χ2n) is 14.4. The zero-order valence-electron chi connectivity index (χ0n) is 33.5. The average molecular weight is 793 g/mol. The molecule has 0 amide bonds. The van der Waals surface area contributed by atoms with Crippen molar-refractivity contribution in [1.29, 1.82) is 0 Å². The summed E-state index contributed by atoms with van der Waals surface area (Å²) in [6, 6.07) is 7.57. The van der Waals surface area contributed by atoms with E-state index < -0.39 is 35.2 Å². The first-order chi connectivity index (χ1) is 27.8. The van der Waals surface area contributed by atoms with Gasteiger partial charge in [0, 0.05) is 40.5 Å². The van der Waals surface area contributed by atoms with Crippen LogP contribution in [0.25, 0.3) is 38.8 Å². The van der Waals surface area contributed by atoms with Gasteiger partial charge < -0.3 is 39.1 Å². The molecule has 0 saturated carbocycles. The second-order valence-corrected chi connectivity index (χ2v) is 14.4. The number of esters is 4. The van der Waals surface area contributed by atoms with Crippen molar-refractivity contribution in [1.82, 2.24) is 19.9 Å². The highest BCUT2D eigenvalue weighted by molar-refractivity contribution is 6.02. The maximum absolute atomic E-state index is 13.8. The van der Waals surface area contributed by atoms with Gasteiger partial charge in [0.15, 0.2) is 0 Å². The molecule has 58 heavy (non-hydrogen) atoms. The van der Waals surface area contributed by atoms with Gasteiger partial charge in [-0.3, -0.25) is 19.4 Å². The van der Waals surface area contributed by atoms with Crippen molar-refractivity contribution >= 4 is 62.7 Å². The molecular formula is C44H48N4O10. The molecule has 304 valence electrons. The van der Waals surface area contributed by atoms with Crippen LogP contribution in [0.4, 0.5) is 0 Å². The number of allylic oxidation sites excluding steroid dienone is 6. The second kappa shape index (κ2) is 17.2. The number of aliphatic hydroxyl groups excluding tert-OH is 2. The largest absolute Gasteiger partial charge is 0.469 e. The van der Waals surface area contributed by atoms with Gasteiger partial charge in [-0.2, -0.15) is 0 Å².